The fourth-order valence-corrected chi connectivity index (χ4v) is 2.85. The molecule has 0 unspecified atom stereocenters. The third-order valence-corrected chi connectivity index (χ3v) is 4.38. The summed E-state index contributed by atoms with van der Waals surface area (Å²) in [6, 6.07) is 7.57. The Balaban J connectivity index is 1.89. The predicted molar refractivity (Wildman–Crippen MR) is 90.5 cm³/mol. The summed E-state index contributed by atoms with van der Waals surface area (Å²) >= 11 is 0. The van der Waals surface area contributed by atoms with Gasteiger partial charge in [0.15, 0.2) is 0 Å². The van der Waals surface area contributed by atoms with Crippen LogP contribution in [-0.4, -0.2) is 42.3 Å². The van der Waals surface area contributed by atoms with E-state index in [1.54, 1.807) is 0 Å². The van der Waals surface area contributed by atoms with E-state index in [4.69, 9.17) is 9.84 Å². The van der Waals surface area contributed by atoms with E-state index < -0.39 is 0 Å². The van der Waals surface area contributed by atoms with E-state index in [1.165, 1.54) is 0 Å². The second kappa shape index (κ2) is 8.20. The highest BCUT2D eigenvalue weighted by molar-refractivity contribution is 5.74. The van der Waals surface area contributed by atoms with Gasteiger partial charge in [0.1, 0.15) is 12.4 Å². The molecule has 2 amide bonds. The van der Waals surface area contributed by atoms with Gasteiger partial charge in [-0.25, -0.2) is 4.79 Å². The third-order valence-electron chi connectivity index (χ3n) is 4.38. The summed E-state index contributed by atoms with van der Waals surface area (Å²) < 4.78 is 5.50. The Bertz CT molecular complexity index is 517. The zero-order valence-corrected chi connectivity index (χ0v) is 14.2. The van der Waals surface area contributed by atoms with Crippen molar-refractivity contribution in [2.24, 2.45) is 5.41 Å². The first kappa shape index (κ1) is 17.6. The number of hydrogen-bond donors (Lipinski definition) is 2. The van der Waals surface area contributed by atoms with Gasteiger partial charge in [0, 0.05) is 25.2 Å². The van der Waals surface area contributed by atoms with Crippen LogP contribution in [0, 0.1) is 5.41 Å². The van der Waals surface area contributed by atoms with Gasteiger partial charge in [0.05, 0.1) is 6.61 Å². The first-order valence-electron chi connectivity index (χ1n) is 8.36. The number of benzene rings is 1. The van der Waals surface area contributed by atoms with Gasteiger partial charge >= 0.3 is 6.03 Å². The van der Waals surface area contributed by atoms with E-state index in [9.17, 15) is 4.79 Å². The lowest BCUT2D eigenvalue weighted by molar-refractivity contribution is 0.194. The molecular weight excluding hydrogens is 292 g/mol. The van der Waals surface area contributed by atoms with E-state index in [2.05, 4.69) is 19.2 Å². The van der Waals surface area contributed by atoms with Crippen LogP contribution in [0.15, 0.2) is 24.3 Å². The maximum absolute atomic E-state index is 12.4. The third kappa shape index (κ3) is 5.43. The molecule has 0 saturated carbocycles. The standard InChI is InChI=1S/C18H28N2O3/c1-18(2)8-5-10-20(11-9-18)17(22)19-14-15-6-3-4-7-16(15)23-13-12-21/h3-4,6-7,21H,5,8-14H2,1-2H3,(H,19,22). The van der Waals surface area contributed by atoms with E-state index in [0.717, 1.165) is 37.9 Å². The molecule has 1 aromatic carbocycles. The first-order valence-corrected chi connectivity index (χ1v) is 8.36. The van der Waals surface area contributed by atoms with Crippen molar-refractivity contribution in [3.63, 3.8) is 0 Å². The van der Waals surface area contributed by atoms with Gasteiger partial charge < -0.3 is 20.1 Å². The zero-order valence-electron chi connectivity index (χ0n) is 14.2. The van der Waals surface area contributed by atoms with Crippen molar-refractivity contribution in [3.8, 4) is 5.75 Å². The number of urea groups is 1. The summed E-state index contributed by atoms with van der Waals surface area (Å²) in [5.41, 5.74) is 1.24. The summed E-state index contributed by atoms with van der Waals surface area (Å²) in [7, 11) is 0. The molecule has 0 aliphatic carbocycles. The van der Waals surface area contributed by atoms with Crippen LogP contribution in [0.2, 0.25) is 0 Å². The minimum absolute atomic E-state index is 0.0142. The molecule has 0 bridgehead atoms. The first-order chi connectivity index (χ1) is 11.0. The Morgan fingerprint density at radius 2 is 2.09 bits per heavy atom. The fraction of sp³-hybridized carbons (Fsp3) is 0.611. The molecule has 1 aliphatic rings. The fourth-order valence-electron chi connectivity index (χ4n) is 2.85. The average molecular weight is 320 g/mol. The second-order valence-corrected chi connectivity index (χ2v) is 6.84. The molecule has 1 aliphatic heterocycles. The molecule has 1 fully saturated rings. The summed E-state index contributed by atoms with van der Waals surface area (Å²) in [5, 5.41) is 11.9. The van der Waals surface area contributed by atoms with Gasteiger partial charge in [-0.3, -0.25) is 0 Å². The number of aliphatic hydroxyl groups is 1. The second-order valence-electron chi connectivity index (χ2n) is 6.84. The molecule has 0 aromatic heterocycles. The van der Waals surface area contributed by atoms with Crippen LogP contribution in [0.25, 0.3) is 0 Å². The molecule has 1 heterocycles. The van der Waals surface area contributed by atoms with Crippen molar-refractivity contribution in [3.05, 3.63) is 29.8 Å². The van der Waals surface area contributed by atoms with Crippen LogP contribution in [0.3, 0.4) is 0 Å². The number of likely N-dealkylation sites (tertiary alicyclic amines) is 1. The number of amides is 2. The minimum Gasteiger partial charge on any atom is -0.491 e. The van der Waals surface area contributed by atoms with Gasteiger partial charge in [-0.2, -0.15) is 0 Å². The van der Waals surface area contributed by atoms with Crippen molar-refractivity contribution < 1.29 is 14.6 Å². The maximum Gasteiger partial charge on any atom is 0.317 e. The lowest BCUT2D eigenvalue weighted by atomic mass is 9.85. The zero-order chi connectivity index (χ0) is 16.7. The molecular formula is C18H28N2O3. The van der Waals surface area contributed by atoms with E-state index >= 15 is 0 Å². The Kier molecular flexibility index (Phi) is 6.28. The van der Waals surface area contributed by atoms with Crippen molar-refractivity contribution in [2.45, 2.75) is 39.7 Å². The van der Waals surface area contributed by atoms with Crippen LogP contribution in [0.1, 0.15) is 38.7 Å². The van der Waals surface area contributed by atoms with Crippen LogP contribution in [0.4, 0.5) is 4.79 Å². The summed E-state index contributed by atoms with van der Waals surface area (Å²) in [4.78, 5) is 14.3. The number of carbonyl (C=O) groups excluding carboxylic acids is 1. The number of nitrogens with zero attached hydrogens (tertiary/aromatic N) is 1. The molecule has 2 N–H and O–H groups in total. The number of aliphatic hydroxyl groups excluding tert-OH is 1. The Morgan fingerprint density at radius 3 is 2.87 bits per heavy atom. The number of hydrogen-bond acceptors (Lipinski definition) is 3. The van der Waals surface area contributed by atoms with Gasteiger partial charge in [0.2, 0.25) is 0 Å². The Labute approximate surface area is 138 Å². The number of nitrogens with one attached hydrogen (secondary N) is 1. The largest absolute Gasteiger partial charge is 0.491 e. The lowest BCUT2D eigenvalue weighted by Gasteiger charge is -2.23. The van der Waals surface area contributed by atoms with Crippen molar-refractivity contribution >= 4 is 6.03 Å². The number of rotatable bonds is 5. The normalized spacial score (nSPS) is 17.4. The maximum atomic E-state index is 12.4. The summed E-state index contributed by atoms with van der Waals surface area (Å²) in [5.74, 6) is 0.707. The molecule has 0 radical (unpaired) electrons. The minimum atomic E-state index is -0.0236. The quantitative estimate of drug-likeness (QED) is 0.877. The predicted octanol–water partition coefficient (Wildman–Crippen LogP) is 2.78. The lowest BCUT2D eigenvalue weighted by Crippen LogP contribution is -2.40. The topological polar surface area (TPSA) is 61.8 Å². The van der Waals surface area contributed by atoms with Crippen molar-refractivity contribution in [1.82, 2.24) is 10.2 Å². The van der Waals surface area contributed by atoms with E-state index in [-0.39, 0.29) is 19.2 Å². The average Bonchev–Trinajstić information content (AvgIpc) is 2.72. The van der Waals surface area contributed by atoms with Gasteiger partial charge in [-0.1, -0.05) is 32.0 Å². The number of para-hydroxylation sites is 1. The molecule has 5 heteroatoms. The summed E-state index contributed by atoms with van der Waals surface area (Å²) in [6.45, 7) is 6.82. The van der Waals surface area contributed by atoms with Gasteiger partial charge in [-0.05, 0) is 30.7 Å². The SMILES string of the molecule is CC1(C)CCCN(C(=O)NCc2ccccc2OCCO)CC1. The molecule has 5 nitrogen and oxygen atoms in total. The van der Waals surface area contributed by atoms with Crippen molar-refractivity contribution in [1.29, 1.82) is 0 Å². The van der Waals surface area contributed by atoms with Crippen LogP contribution in [0.5, 0.6) is 5.75 Å². The van der Waals surface area contributed by atoms with Crippen LogP contribution >= 0.6 is 0 Å². The molecule has 0 atom stereocenters. The number of carbonyl (C=O) groups is 1. The smallest absolute Gasteiger partial charge is 0.317 e. The van der Waals surface area contributed by atoms with E-state index in [0.29, 0.717) is 17.7 Å². The molecule has 1 saturated heterocycles. The molecule has 1 aromatic rings. The Morgan fingerprint density at radius 1 is 1.30 bits per heavy atom. The van der Waals surface area contributed by atoms with Gasteiger partial charge in [-0.15, -0.1) is 0 Å². The number of ether oxygens (including phenoxy) is 1. The monoisotopic (exact) mass is 320 g/mol. The van der Waals surface area contributed by atoms with Crippen LogP contribution in [-0.2, 0) is 6.54 Å². The molecule has 2 rings (SSSR count). The molecule has 0 spiro atoms. The van der Waals surface area contributed by atoms with Crippen molar-refractivity contribution in [2.75, 3.05) is 26.3 Å². The Hall–Kier alpha value is -1.75. The van der Waals surface area contributed by atoms with E-state index in [1.807, 2.05) is 29.2 Å². The molecule has 128 valence electrons. The van der Waals surface area contributed by atoms with Gasteiger partial charge in [0.25, 0.3) is 0 Å². The highest BCUT2D eigenvalue weighted by Crippen LogP contribution is 2.29. The summed E-state index contributed by atoms with van der Waals surface area (Å²) in [6.07, 6.45) is 3.25. The highest BCUT2D eigenvalue weighted by atomic mass is 16.5. The van der Waals surface area contributed by atoms with Crippen LogP contribution < -0.4 is 10.1 Å². The highest BCUT2D eigenvalue weighted by Gasteiger charge is 2.25. The molecule has 23 heavy (non-hydrogen) atoms.